The summed E-state index contributed by atoms with van der Waals surface area (Å²) in [5, 5.41) is 5.13. The van der Waals surface area contributed by atoms with Crippen LogP contribution < -0.4 is 0 Å². The molecule has 0 unspecified atom stereocenters. The molecule has 0 spiro atoms. The van der Waals surface area contributed by atoms with Gasteiger partial charge >= 0.3 is 0 Å². The van der Waals surface area contributed by atoms with Gasteiger partial charge in [0.25, 0.3) is 0 Å². The molecule has 10 aromatic rings. The summed E-state index contributed by atoms with van der Waals surface area (Å²) in [6, 6.07) is 56.8. The molecule has 3 aromatic heterocycles. The van der Waals surface area contributed by atoms with E-state index in [0.29, 0.717) is 0 Å². The quantitative estimate of drug-likeness (QED) is 0.186. The molecule has 4 nitrogen and oxygen atoms in total. The third-order valence-electron chi connectivity index (χ3n) is 11.4. The van der Waals surface area contributed by atoms with Gasteiger partial charge in [-0.05, 0) is 53.1 Å². The maximum atomic E-state index is 4.83. The molecule has 0 saturated carbocycles. The third kappa shape index (κ3) is 4.18. The Morgan fingerprint density at radius 3 is 1.62 bits per heavy atom. The molecule has 0 bridgehead atoms. The lowest BCUT2D eigenvalue weighted by Crippen LogP contribution is -2.15. The Morgan fingerprint density at radius 2 is 0.962 bits per heavy atom. The van der Waals surface area contributed by atoms with Gasteiger partial charge in [0.05, 0.1) is 45.8 Å². The van der Waals surface area contributed by atoms with Gasteiger partial charge in [0, 0.05) is 55.0 Å². The van der Waals surface area contributed by atoms with Crippen LogP contribution >= 0.6 is 0 Å². The minimum atomic E-state index is -0.222. The molecule has 3 heterocycles. The van der Waals surface area contributed by atoms with E-state index in [1.165, 1.54) is 65.9 Å². The summed E-state index contributed by atoms with van der Waals surface area (Å²) in [6.07, 6.45) is 3.74. The second-order valence-electron chi connectivity index (χ2n) is 14.6. The van der Waals surface area contributed by atoms with Crippen LogP contribution in [-0.4, -0.2) is 19.1 Å². The van der Waals surface area contributed by atoms with Gasteiger partial charge in [-0.15, -0.1) is 0 Å². The zero-order valence-corrected chi connectivity index (χ0v) is 29.5. The predicted molar refractivity (Wildman–Crippen MR) is 219 cm³/mol. The predicted octanol–water partition coefficient (Wildman–Crippen LogP) is 12.3. The molecule has 53 heavy (non-hydrogen) atoms. The molecule has 4 heteroatoms. The highest BCUT2D eigenvalue weighted by Crippen LogP contribution is 2.58. The summed E-state index contributed by atoms with van der Waals surface area (Å²) >= 11 is 0. The number of aromatic nitrogens is 4. The fraction of sp³-hybridized carbons (Fsp3) is 0.0612. The summed E-state index contributed by atoms with van der Waals surface area (Å²) in [4.78, 5) is 9.59. The molecule has 250 valence electrons. The molecule has 0 radical (unpaired) electrons. The molecule has 7 aromatic carbocycles. The first-order valence-corrected chi connectivity index (χ1v) is 18.3. The maximum absolute atomic E-state index is 4.83. The Labute approximate surface area is 307 Å². The van der Waals surface area contributed by atoms with Crippen LogP contribution in [0.15, 0.2) is 170 Å². The third-order valence-corrected chi connectivity index (χ3v) is 11.4. The van der Waals surface area contributed by atoms with Crippen LogP contribution in [0.25, 0.3) is 88.6 Å². The molecule has 0 fully saturated rings. The SMILES string of the molecule is CC1(C)c2ccccc2-c2c1c1c3ccccc3n(-c3ccccc3)c1c1c3ccccc3n(-c3ccc(-c4cnc(-c5ccccc5)cn4)cc3)c21. The Balaban J connectivity index is 1.24. The second kappa shape index (κ2) is 11.1. The van der Waals surface area contributed by atoms with E-state index in [2.05, 4.69) is 163 Å². The van der Waals surface area contributed by atoms with Crippen molar-refractivity contribution < 1.29 is 0 Å². The highest BCUT2D eigenvalue weighted by molar-refractivity contribution is 6.31. The number of hydrogen-bond acceptors (Lipinski definition) is 2. The number of hydrogen-bond donors (Lipinski definition) is 0. The Morgan fingerprint density at radius 1 is 0.453 bits per heavy atom. The Kier molecular flexibility index (Phi) is 6.27. The molecule has 1 aliphatic rings. The van der Waals surface area contributed by atoms with Gasteiger partial charge < -0.3 is 9.13 Å². The summed E-state index contributed by atoms with van der Waals surface area (Å²) in [5.41, 5.74) is 16.2. The molecule has 11 rings (SSSR count). The van der Waals surface area contributed by atoms with E-state index in [-0.39, 0.29) is 5.41 Å². The minimum absolute atomic E-state index is 0.222. The molecule has 0 amide bonds. The molecular weight excluding hydrogens is 645 g/mol. The van der Waals surface area contributed by atoms with Crippen LogP contribution in [0.3, 0.4) is 0 Å². The van der Waals surface area contributed by atoms with Crippen molar-refractivity contribution in [3.8, 4) is 45.0 Å². The molecule has 0 atom stereocenters. The molecule has 0 aliphatic heterocycles. The monoisotopic (exact) mass is 678 g/mol. The normalized spacial score (nSPS) is 13.2. The van der Waals surface area contributed by atoms with Gasteiger partial charge in [-0.1, -0.05) is 135 Å². The van der Waals surface area contributed by atoms with Gasteiger partial charge in [-0.2, -0.15) is 0 Å². The van der Waals surface area contributed by atoms with Crippen molar-refractivity contribution in [2.24, 2.45) is 0 Å². The van der Waals surface area contributed by atoms with Gasteiger partial charge in [-0.25, -0.2) is 0 Å². The van der Waals surface area contributed by atoms with Crippen LogP contribution in [0.2, 0.25) is 0 Å². The van der Waals surface area contributed by atoms with Crippen molar-refractivity contribution in [2.45, 2.75) is 19.3 Å². The zero-order chi connectivity index (χ0) is 35.3. The lowest BCUT2D eigenvalue weighted by Gasteiger charge is -2.23. The Hall–Kier alpha value is -6.78. The Bertz CT molecular complexity index is 3040. The zero-order valence-electron chi connectivity index (χ0n) is 29.5. The average Bonchev–Trinajstić information content (AvgIpc) is 3.82. The number of fused-ring (bicyclic) bond motifs is 12. The summed E-state index contributed by atoms with van der Waals surface area (Å²) in [5.74, 6) is 0. The van der Waals surface area contributed by atoms with Gasteiger partial charge in [0.15, 0.2) is 0 Å². The number of para-hydroxylation sites is 3. The highest BCUT2D eigenvalue weighted by atomic mass is 15.0. The van der Waals surface area contributed by atoms with Crippen LogP contribution in [0, 0.1) is 0 Å². The van der Waals surface area contributed by atoms with Gasteiger partial charge in [-0.3, -0.25) is 9.97 Å². The van der Waals surface area contributed by atoms with Crippen LogP contribution in [-0.2, 0) is 5.41 Å². The van der Waals surface area contributed by atoms with Crippen LogP contribution in [0.1, 0.15) is 25.0 Å². The van der Waals surface area contributed by atoms with E-state index in [1.54, 1.807) is 0 Å². The van der Waals surface area contributed by atoms with Gasteiger partial charge in [0.1, 0.15) is 0 Å². The summed E-state index contributed by atoms with van der Waals surface area (Å²) < 4.78 is 5.01. The number of nitrogens with zero attached hydrogens (tertiary/aromatic N) is 4. The molecule has 0 N–H and O–H groups in total. The van der Waals surface area contributed by atoms with E-state index in [0.717, 1.165) is 33.9 Å². The van der Waals surface area contributed by atoms with Crippen LogP contribution in [0.4, 0.5) is 0 Å². The first-order valence-electron chi connectivity index (χ1n) is 18.3. The van der Waals surface area contributed by atoms with Crippen molar-refractivity contribution in [1.82, 2.24) is 19.1 Å². The maximum Gasteiger partial charge on any atom is 0.0885 e. The second-order valence-corrected chi connectivity index (χ2v) is 14.6. The summed E-state index contributed by atoms with van der Waals surface area (Å²) in [7, 11) is 0. The van der Waals surface area contributed by atoms with Gasteiger partial charge in [0.2, 0.25) is 0 Å². The average molecular weight is 679 g/mol. The van der Waals surface area contributed by atoms with Crippen molar-refractivity contribution in [2.75, 3.05) is 0 Å². The van der Waals surface area contributed by atoms with Crippen molar-refractivity contribution in [1.29, 1.82) is 0 Å². The number of benzene rings is 7. The molecule has 1 aliphatic carbocycles. The topological polar surface area (TPSA) is 35.6 Å². The smallest absolute Gasteiger partial charge is 0.0885 e. The van der Waals surface area contributed by atoms with Crippen molar-refractivity contribution in [3.05, 3.63) is 181 Å². The molecule has 0 saturated heterocycles. The molecular formula is C49H34N4. The standard InChI is InChI=1S/C49H34N4/c1-49(2)38-22-12-9-19-35(38)43-46(49)44-36-20-10-13-23-41(36)52(33-17-7-4-8-18-33)48(44)45-37-21-11-14-24-42(37)53(47(43)45)34-27-25-32(26-28-34)40-30-50-39(29-51-40)31-15-5-3-6-16-31/h3-30H,1-2H3. The van der Waals surface area contributed by atoms with E-state index in [1.807, 2.05) is 30.6 Å². The van der Waals surface area contributed by atoms with Crippen molar-refractivity contribution >= 4 is 43.6 Å². The lowest BCUT2D eigenvalue weighted by molar-refractivity contribution is 0.667. The number of rotatable bonds is 4. The van der Waals surface area contributed by atoms with E-state index < -0.39 is 0 Å². The first kappa shape index (κ1) is 29.9. The summed E-state index contributed by atoms with van der Waals surface area (Å²) in [6.45, 7) is 4.81. The first-order chi connectivity index (χ1) is 26.1. The van der Waals surface area contributed by atoms with E-state index in [9.17, 15) is 0 Å². The highest BCUT2D eigenvalue weighted by Gasteiger charge is 2.41. The van der Waals surface area contributed by atoms with E-state index >= 15 is 0 Å². The van der Waals surface area contributed by atoms with Crippen molar-refractivity contribution in [3.63, 3.8) is 0 Å². The van der Waals surface area contributed by atoms with Crippen LogP contribution in [0.5, 0.6) is 0 Å². The minimum Gasteiger partial charge on any atom is -0.309 e. The lowest BCUT2D eigenvalue weighted by atomic mass is 9.80. The van der Waals surface area contributed by atoms with E-state index in [4.69, 9.17) is 9.97 Å². The fourth-order valence-electron chi connectivity index (χ4n) is 9.09. The largest absolute Gasteiger partial charge is 0.309 e. The fourth-order valence-corrected chi connectivity index (χ4v) is 9.09.